The zero-order valence-corrected chi connectivity index (χ0v) is 8.04. The van der Waals surface area contributed by atoms with Gasteiger partial charge in [0.2, 0.25) is 5.91 Å². The van der Waals surface area contributed by atoms with Crippen molar-refractivity contribution in [3.8, 4) is 5.75 Å². The Morgan fingerprint density at radius 2 is 2.36 bits per heavy atom. The van der Waals surface area contributed by atoms with Gasteiger partial charge >= 0.3 is 0 Å². The predicted octanol–water partition coefficient (Wildman–Crippen LogP) is 0.998. The molecule has 0 unspecified atom stereocenters. The van der Waals surface area contributed by atoms with Crippen LogP contribution in [0.1, 0.15) is 0 Å². The molecule has 0 saturated heterocycles. The number of nitrogens with two attached hydrogens (primary N) is 1. The molecule has 0 radical (unpaired) electrons. The molecule has 1 amide bonds. The molecule has 0 aliphatic carbocycles. The zero-order valence-electron chi connectivity index (χ0n) is 7.29. The number of amides is 1. The van der Waals surface area contributed by atoms with Crippen molar-refractivity contribution in [2.45, 2.75) is 6.04 Å². The molecule has 3 N–H and O–H groups in total. The molecule has 1 atom stereocenters. The third kappa shape index (κ3) is 1.54. The number of nitrogens with one attached hydrogen (secondary N) is 1. The Hall–Kier alpha value is -1.26. The summed E-state index contributed by atoms with van der Waals surface area (Å²) in [5.41, 5.74) is 6.09. The van der Waals surface area contributed by atoms with E-state index in [4.69, 9.17) is 22.1 Å². The fraction of sp³-hybridized carbons (Fsp3) is 0.222. The molecule has 0 saturated carbocycles. The van der Waals surface area contributed by atoms with Crippen molar-refractivity contribution in [1.82, 2.24) is 0 Å². The van der Waals surface area contributed by atoms with E-state index < -0.39 is 6.04 Å². The van der Waals surface area contributed by atoms with E-state index in [0.717, 1.165) is 0 Å². The fourth-order valence-corrected chi connectivity index (χ4v) is 1.46. The van der Waals surface area contributed by atoms with E-state index in [1.54, 1.807) is 18.2 Å². The number of para-hydroxylation sites is 1. The number of anilines is 1. The second kappa shape index (κ2) is 3.48. The molecule has 5 heteroatoms. The number of hydrogen-bond donors (Lipinski definition) is 2. The molecule has 0 fully saturated rings. The number of hydrogen-bond acceptors (Lipinski definition) is 3. The van der Waals surface area contributed by atoms with Crippen molar-refractivity contribution in [1.29, 1.82) is 0 Å². The van der Waals surface area contributed by atoms with Crippen LogP contribution in [0, 0.1) is 0 Å². The number of halogens is 1. The number of benzene rings is 1. The highest BCUT2D eigenvalue weighted by molar-refractivity contribution is 6.32. The minimum atomic E-state index is -0.654. The van der Waals surface area contributed by atoms with Gasteiger partial charge < -0.3 is 15.8 Å². The Morgan fingerprint density at radius 3 is 3.14 bits per heavy atom. The maximum atomic E-state index is 11.3. The second-order valence-corrected chi connectivity index (χ2v) is 3.43. The number of carbonyl (C=O) groups excluding carboxylic acids is 1. The monoisotopic (exact) mass is 212 g/mol. The minimum Gasteiger partial charge on any atom is -0.488 e. The van der Waals surface area contributed by atoms with Crippen molar-refractivity contribution < 1.29 is 9.53 Å². The van der Waals surface area contributed by atoms with Crippen LogP contribution in [0.5, 0.6) is 5.75 Å². The molecule has 0 spiro atoms. The van der Waals surface area contributed by atoms with Crippen molar-refractivity contribution >= 4 is 23.2 Å². The van der Waals surface area contributed by atoms with Gasteiger partial charge in [0.1, 0.15) is 12.6 Å². The lowest BCUT2D eigenvalue weighted by Gasteiger charge is -2.07. The number of fused-ring (bicyclic) bond motifs is 1. The molecule has 1 aromatic rings. The van der Waals surface area contributed by atoms with Crippen LogP contribution < -0.4 is 15.8 Å². The smallest absolute Gasteiger partial charge is 0.244 e. The summed E-state index contributed by atoms with van der Waals surface area (Å²) < 4.78 is 5.32. The Labute approximate surface area is 86.0 Å². The molecule has 1 aliphatic rings. The average Bonchev–Trinajstić information content (AvgIpc) is 2.29. The lowest BCUT2D eigenvalue weighted by atomic mass is 10.3. The fourth-order valence-electron chi connectivity index (χ4n) is 1.23. The van der Waals surface area contributed by atoms with Crippen LogP contribution in [-0.4, -0.2) is 18.6 Å². The molecular formula is C9H9ClN2O2. The van der Waals surface area contributed by atoms with Crippen molar-refractivity contribution in [3.05, 3.63) is 23.2 Å². The van der Waals surface area contributed by atoms with Gasteiger partial charge in [-0.05, 0) is 12.1 Å². The molecule has 1 heterocycles. The maximum absolute atomic E-state index is 11.3. The third-order valence-electron chi connectivity index (χ3n) is 1.97. The van der Waals surface area contributed by atoms with Gasteiger partial charge in [0.15, 0.2) is 5.75 Å². The molecule has 14 heavy (non-hydrogen) atoms. The van der Waals surface area contributed by atoms with Gasteiger partial charge in [-0.1, -0.05) is 17.7 Å². The van der Waals surface area contributed by atoms with Crippen LogP contribution >= 0.6 is 11.6 Å². The van der Waals surface area contributed by atoms with Gasteiger partial charge in [-0.25, -0.2) is 0 Å². The average molecular weight is 213 g/mol. The van der Waals surface area contributed by atoms with Gasteiger partial charge in [0.25, 0.3) is 0 Å². The van der Waals surface area contributed by atoms with Crippen molar-refractivity contribution in [3.63, 3.8) is 0 Å². The summed E-state index contributed by atoms with van der Waals surface area (Å²) in [6.45, 7) is 0.141. The normalized spacial score (nSPS) is 20.4. The van der Waals surface area contributed by atoms with Crippen LogP contribution in [0.3, 0.4) is 0 Å². The second-order valence-electron chi connectivity index (χ2n) is 3.02. The highest BCUT2D eigenvalue weighted by atomic mass is 35.5. The Bertz CT molecular complexity index is 381. The van der Waals surface area contributed by atoms with Gasteiger partial charge in [0.05, 0.1) is 10.7 Å². The SMILES string of the molecule is N[C@H]1COc2c(Cl)cccc2NC1=O. The van der Waals surface area contributed by atoms with Gasteiger partial charge in [-0.2, -0.15) is 0 Å². The quantitative estimate of drug-likeness (QED) is 0.674. The van der Waals surface area contributed by atoms with E-state index >= 15 is 0 Å². The summed E-state index contributed by atoms with van der Waals surface area (Å²) in [5.74, 6) is 0.224. The summed E-state index contributed by atoms with van der Waals surface area (Å²) in [6, 6.07) is 4.50. The van der Waals surface area contributed by atoms with E-state index in [0.29, 0.717) is 16.5 Å². The largest absolute Gasteiger partial charge is 0.488 e. The van der Waals surface area contributed by atoms with E-state index in [-0.39, 0.29) is 12.5 Å². The summed E-state index contributed by atoms with van der Waals surface area (Å²) >= 11 is 5.89. The molecule has 0 aromatic heterocycles. The van der Waals surface area contributed by atoms with E-state index in [2.05, 4.69) is 5.32 Å². The van der Waals surface area contributed by atoms with Gasteiger partial charge in [-0.3, -0.25) is 4.79 Å². The third-order valence-corrected chi connectivity index (χ3v) is 2.27. The van der Waals surface area contributed by atoms with E-state index in [1.807, 2.05) is 0 Å². The first-order valence-corrected chi connectivity index (χ1v) is 4.54. The maximum Gasteiger partial charge on any atom is 0.244 e. The highest BCUT2D eigenvalue weighted by Gasteiger charge is 2.22. The predicted molar refractivity (Wildman–Crippen MR) is 53.6 cm³/mol. The standard InChI is InChI=1S/C9H9ClN2O2/c10-5-2-1-3-7-8(5)14-4-6(11)9(13)12-7/h1-3,6H,4,11H2,(H,12,13)/t6-/m0/s1. The molecule has 4 nitrogen and oxygen atoms in total. The molecule has 1 aromatic carbocycles. The Balaban J connectivity index is 2.42. The summed E-state index contributed by atoms with van der Waals surface area (Å²) in [6.07, 6.45) is 0. The molecule has 74 valence electrons. The van der Waals surface area contributed by atoms with E-state index in [1.165, 1.54) is 0 Å². The first kappa shape index (κ1) is 9.30. The molecular weight excluding hydrogens is 204 g/mol. The van der Waals surface area contributed by atoms with Crippen LogP contribution in [0.4, 0.5) is 5.69 Å². The van der Waals surface area contributed by atoms with Gasteiger partial charge in [0, 0.05) is 0 Å². The van der Waals surface area contributed by atoms with Crippen LogP contribution in [-0.2, 0) is 4.79 Å². The summed E-state index contributed by atoms with van der Waals surface area (Å²) in [4.78, 5) is 11.3. The molecule has 1 aliphatic heterocycles. The zero-order chi connectivity index (χ0) is 10.1. The van der Waals surface area contributed by atoms with Crippen LogP contribution in [0.15, 0.2) is 18.2 Å². The number of ether oxygens (including phenoxy) is 1. The van der Waals surface area contributed by atoms with E-state index in [9.17, 15) is 4.79 Å². The first-order valence-electron chi connectivity index (χ1n) is 4.16. The van der Waals surface area contributed by atoms with Gasteiger partial charge in [-0.15, -0.1) is 0 Å². The minimum absolute atomic E-state index is 0.141. The lowest BCUT2D eigenvalue weighted by molar-refractivity contribution is -0.117. The topological polar surface area (TPSA) is 64.3 Å². The number of rotatable bonds is 0. The molecule has 2 rings (SSSR count). The Kier molecular flexibility index (Phi) is 2.31. The summed E-state index contributed by atoms with van der Waals surface area (Å²) in [5, 5.41) is 3.11. The summed E-state index contributed by atoms with van der Waals surface area (Å²) in [7, 11) is 0. The van der Waals surface area contributed by atoms with Crippen LogP contribution in [0.2, 0.25) is 5.02 Å². The van der Waals surface area contributed by atoms with Crippen molar-refractivity contribution in [2.75, 3.05) is 11.9 Å². The lowest BCUT2D eigenvalue weighted by Crippen LogP contribution is -2.38. The molecule has 0 bridgehead atoms. The first-order chi connectivity index (χ1) is 6.68. The van der Waals surface area contributed by atoms with Crippen molar-refractivity contribution in [2.24, 2.45) is 5.73 Å². The Morgan fingerprint density at radius 1 is 1.57 bits per heavy atom. The van der Waals surface area contributed by atoms with Crippen LogP contribution in [0.25, 0.3) is 0 Å². The number of carbonyl (C=O) groups is 1. The highest BCUT2D eigenvalue weighted by Crippen LogP contribution is 2.34.